The number of amides is 1. The van der Waals surface area contributed by atoms with Crippen molar-refractivity contribution in [3.63, 3.8) is 0 Å². The van der Waals surface area contributed by atoms with Crippen LogP contribution in [0.25, 0.3) is 5.69 Å². The fourth-order valence-electron chi connectivity index (χ4n) is 4.01. The molecule has 4 aromatic rings. The van der Waals surface area contributed by atoms with Gasteiger partial charge in [-0.25, -0.2) is 4.98 Å². The predicted octanol–water partition coefficient (Wildman–Crippen LogP) is 5.61. The van der Waals surface area contributed by atoms with Crippen LogP contribution < -0.4 is 9.80 Å². The van der Waals surface area contributed by atoms with E-state index in [1.165, 1.54) is 29.7 Å². The van der Waals surface area contributed by atoms with Crippen molar-refractivity contribution in [2.75, 3.05) is 22.9 Å². The molecule has 0 saturated carbocycles. The number of thiazole rings is 1. The molecule has 34 heavy (non-hydrogen) atoms. The fourth-order valence-corrected chi connectivity index (χ4v) is 5.84. The first-order chi connectivity index (χ1) is 16.6. The lowest BCUT2D eigenvalue weighted by Gasteiger charge is -2.18. The van der Waals surface area contributed by atoms with E-state index in [0.29, 0.717) is 10.9 Å². The summed E-state index contributed by atoms with van der Waals surface area (Å²) in [4.78, 5) is 21.1. The minimum Gasteiger partial charge on any atom is -0.341 e. The van der Waals surface area contributed by atoms with Gasteiger partial charge in [0.25, 0.3) is 0 Å². The highest BCUT2D eigenvalue weighted by Gasteiger charge is 2.23. The average Bonchev–Trinajstić information content (AvgIpc) is 3.60. The molecule has 1 aliphatic heterocycles. The number of hydrogen-bond acceptors (Lipinski definition) is 7. The number of carbonyl (C=O) groups excluding carboxylic acids is 1. The molecular weight excluding hydrogens is 464 g/mol. The van der Waals surface area contributed by atoms with Crippen molar-refractivity contribution in [1.29, 1.82) is 0 Å². The Morgan fingerprint density at radius 3 is 2.50 bits per heavy atom. The minimum absolute atomic E-state index is 0.0610. The van der Waals surface area contributed by atoms with Crippen molar-refractivity contribution in [2.45, 2.75) is 37.6 Å². The highest BCUT2D eigenvalue weighted by atomic mass is 32.2. The van der Waals surface area contributed by atoms with Crippen molar-refractivity contribution >= 4 is 45.8 Å². The summed E-state index contributed by atoms with van der Waals surface area (Å²) in [7, 11) is 0. The number of para-hydroxylation sites is 1. The van der Waals surface area contributed by atoms with Gasteiger partial charge in [-0.15, -0.1) is 21.5 Å². The first-order valence-electron chi connectivity index (χ1n) is 11.3. The maximum Gasteiger partial charge on any atom is 0.232 e. The van der Waals surface area contributed by atoms with Crippen LogP contribution in [0.15, 0.2) is 65.1 Å². The Hall–Kier alpha value is -3.17. The van der Waals surface area contributed by atoms with Gasteiger partial charge in [-0.1, -0.05) is 47.7 Å². The van der Waals surface area contributed by atoms with Crippen LogP contribution in [0.4, 0.5) is 16.8 Å². The third kappa shape index (κ3) is 4.71. The summed E-state index contributed by atoms with van der Waals surface area (Å²) in [6.45, 7) is 5.66. The zero-order chi connectivity index (χ0) is 23.5. The zero-order valence-corrected chi connectivity index (χ0v) is 20.9. The quantitative estimate of drug-likeness (QED) is 0.314. The van der Waals surface area contributed by atoms with E-state index < -0.39 is 0 Å². The summed E-state index contributed by atoms with van der Waals surface area (Å²) in [6.07, 6.45) is 2.36. The van der Waals surface area contributed by atoms with Gasteiger partial charge in [-0.3, -0.25) is 14.3 Å². The van der Waals surface area contributed by atoms with E-state index in [4.69, 9.17) is 4.98 Å². The Bertz CT molecular complexity index is 1260. The number of carbonyl (C=O) groups is 1. The third-order valence-electron chi connectivity index (χ3n) is 5.71. The number of anilines is 3. The van der Waals surface area contributed by atoms with Crippen molar-refractivity contribution in [3.05, 3.63) is 71.2 Å². The third-order valence-corrected chi connectivity index (χ3v) is 7.54. The van der Waals surface area contributed by atoms with Crippen LogP contribution in [-0.2, 0) is 10.5 Å². The van der Waals surface area contributed by atoms with E-state index in [1.807, 2.05) is 35.7 Å². The minimum atomic E-state index is -0.0610. The maximum absolute atomic E-state index is 12.3. The second-order valence-corrected chi connectivity index (χ2v) is 10.0. The molecule has 2 aromatic heterocycles. The number of aromatic nitrogens is 4. The second-order valence-electron chi connectivity index (χ2n) is 8.25. The lowest BCUT2D eigenvalue weighted by molar-refractivity contribution is -0.115. The van der Waals surface area contributed by atoms with Crippen LogP contribution in [0.1, 0.15) is 31.0 Å². The summed E-state index contributed by atoms with van der Waals surface area (Å²) < 4.78 is 2.15. The van der Waals surface area contributed by atoms with Crippen molar-refractivity contribution in [2.24, 2.45) is 0 Å². The van der Waals surface area contributed by atoms with Gasteiger partial charge in [0.15, 0.2) is 10.3 Å². The van der Waals surface area contributed by atoms with Gasteiger partial charge in [-0.2, -0.15) is 0 Å². The molecule has 0 radical (unpaired) electrons. The number of thioether (sulfide) groups is 1. The molecule has 174 valence electrons. The summed E-state index contributed by atoms with van der Waals surface area (Å²) in [5, 5.41) is 12.6. The van der Waals surface area contributed by atoms with E-state index in [1.54, 1.807) is 23.6 Å². The Labute approximate surface area is 207 Å². The number of hydrogen-bond donors (Lipinski definition) is 0. The molecule has 0 unspecified atom stereocenters. The van der Waals surface area contributed by atoms with Crippen LogP contribution >= 0.6 is 23.1 Å². The van der Waals surface area contributed by atoms with E-state index >= 15 is 0 Å². The summed E-state index contributed by atoms with van der Waals surface area (Å²) in [6, 6.07) is 18.1. The largest absolute Gasteiger partial charge is 0.341 e. The van der Waals surface area contributed by atoms with E-state index in [0.717, 1.165) is 41.3 Å². The molecular formula is C25H26N6OS2. The van der Waals surface area contributed by atoms with Crippen LogP contribution in [0.3, 0.4) is 0 Å². The van der Waals surface area contributed by atoms with Gasteiger partial charge >= 0.3 is 0 Å². The Morgan fingerprint density at radius 1 is 1.06 bits per heavy atom. The molecule has 2 aromatic carbocycles. The second kappa shape index (κ2) is 9.99. The maximum atomic E-state index is 12.3. The van der Waals surface area contributed by atoms with Crippen LogP contribution in [0, 0.1) is 6.92 Å². The van der Waals surface area contributed by atoms with Gasteiger partial charge in [0.05, 0.1) is 17.1 Å². The first kappa shape index (κ1) is 22.6. The van der Waals surface area contributed by atoms with Gasteiger partial charge in [0.2, 0.25) is 11.9 Å². The van der Waals surface area contributed by atoms with Gasteiger partial charge in [-0.05, 0) is 44.0 Å². The predicted molar refractivity (Wildman–Crippen MR) is 138 cm³/mol. The summed E-state index contributed by atoms with van der Waals surface area (Å²) in [5.74, 6) is 1.48. The van der Waals surface area contributed by atoms with Crippen molar-refractivity contribution in [3.8, 4) is 5.69 Å². The molecule has 0 N–H and O–H groups in total. The molecule has 3 heterocycles. The van der Waals surface area contributed by atoms with E-state index in [2.05, 4.69) is 50.9 Å². The van der Waals surface area contributed by atoms with Crippen LogP contribution in [0.5, 0.6) is 0 Å². The average molecular weight is 491 g/mol. The molecule has 1 fully saturated rings. The van der Waals surface area contributed by atoms with Crippen LogP contribution in [-0.4, -0.2) is 38.7 Å². The van der Waals surface area contributed by atoms with Gasteiger partial charge < -0.3 is 4.90 Å². The van der Waals surface area contributed by atoms with E-state index in [9.17, 15) is 4.79 Å². The molecule has 1 aliphatic rings. The Balaban J connectivity index is 1.39. The lowest BCUT2D eigenvalue weighted by atomic mass is 10.2. The summed E-state index contributed by atoms with van der Waals surface area (Å²) >= 11 is 3.08. The molecule has 1 amide bonds. The zero-order valence-electron chi connectivity index (χ0n) is 19.2. The molecule has 0 atom stereocenters. The molecule has 0 bridgehead atoms. The fraction of sp³-hybridized carbons (Fsp3) is 0.280. The normalized spacial score (nSPS) is 13.4. The Morgan fingerprint density at radius 2 is 1.79 bits per heavy atom. The molecule has 0 aliphatic carbocycles. The van der Waals surface area contributed by atoms with Crippen molar-refractivity contribution in [1.82, 2.24) is 19.7 Å². The first-order valence-corrected chi connectivity index (χ1v) is 13.2. The highest BCUT2D eigenvalue weighted by molar-refractivity contribution is 7.98. The van der Waals surface area contributed by atoms with Crippen LogP contribution in [0.2, 0.25) is 0 Å². The number of nitrogens with zero attached hydrogens (tertiary/aromatic N) is 6. The topological polar surface area (TPSA) is 67.2 Å². The Kier molecular flexibility index (Phi) is 6.64. The molecule has 9 heteroatoms. The molecule has 1 saturated heterocycles. The molecule has 0 spiro atoms. The van der Waals surface area contributed by atoms with Crippen molar-refractivity contribution < 1.29 is 4.79 Å². The summed E-state index contributed by atoms with van der Waals surface area (Å²) in [5.41, 5.74) is 4.01. The van der Waals surface area contributed by atoms with E-state index in [-0.39, 0.29) is 5.91 Å². The van der Waals surface area contributed by atoms with Gasteiger partial charge in [0, 0.05) is 31.1 Å². The smallest absolute Gasteiger partial charge is 0.232 e. The highest BCUT2D eigenvalue weighted by Crippen LogP contribution is 2.33. The SMILES string of the molecule is CC(=O)N(c1ccccc1)c1nc(CSc2nnc(N3CCCC3)n2-c2ccc(C)cc2)cs1. The molecule has 5 rings (SSSR count). The van der Waals surface area contributed by atoms with Gasteiger partial charge in [0.1, 0.15) is 0 Å². The number of benzene rings is 2. The number of rotatable bonds is 7. The lowest BCUT2D eigenvalue weighted by Crippen LogP contribution is -2.22. The standard InChI is InChI=1S/C25H26N6OS2/c1-18-10-12-22(13-11-18)31-23(29-14-6-7-15-29)27-28-25(31)34-17-20-16-33-24(26-20)30(19(2)32)21-8-4-3-5-9-21/h3-5,8-13,16H,6-7,14-15,17H2,1-2H3. The number of aryl methyl sites for hydroxylation is 1. The monoisotopic (exact) mass is 490 g/mol. The molecule has 7 nitrogen and oxygen atoms in total.